The number of nitrogens with one attached hydrogen (secondary N) is 1. The van der Waals surface area contributed by atoms with Crippen molar-refractivity contribution in [3.63, 3.8) is 0 Å². The summed E-state index contributed by atoms with van der Waals surface area (Å²) in [5.41, 5.74) is 1.42. The van der Waals surface area contributed by atoms with E-state index in [4.69, 9.17) is 0 Å². The van der Waals surface area contributed by atoms with E-state index in [0.29, 0.717) is 5.92 Å². The van der Waals surface area contributed by atoms with Crippen molar-refractivity contribution in [1.82, 2.24) is 10.2 Å². The zero-order valence-electron chi connectivity index (χ0n) is 11.4. The first-order valence-corrected chi connectivity index (χ1v) is 6.60. The molecule has 0 saturated carbocycles. The molecule has 1 N–H and O–H groups in total. The lowest BCUT2D eigenvalue weighted by Crippen LogP contribution is -2.22. The zero-order chi connectivity index (χ0) is 12.5. The Morgan fingerprint density at radius 3 is 2.47 bits per heavy atom. The molecule has 1 rings (SSSR count). The fourth-order valence-corrected chi connectivity index (χ4v) is 1.90. The third kappa shape index (κ3) is 6.44. The number of rotatable bonds is 8. The van der Waals surface area contributed by atoms with Gasteiger partial charge >= 0.3 is 0 Å². The maximum absolute atomic E-state index is 3.54. The van der Waals surface area contributed by atoms with E-state index in [2.05, 4.69) is 61.6 Å². The molecule has 0 aliphatic heterocycles. The fourth-order valence-electron chi connectivity index (χ4n) is 1.90. The van der Waals surface area contributed by atoms with Crippen molar-refractivity contribution >= 4 is 0 Å². The van der Waals surface area contributed by atoms with Gasteiger partial charge in [0.2, 0.25) is 0 Å². The Hall–Kier alpha value is -0.860. The predicted octanol–water partition coefficient (Wildman–Crippen LogP) is 2.72. The molecular formula is C15H26N2. The van der Waals surface area contributed by atoms with Gasteiger partial charge in [0.1, 0.15) is 0 Å². The van der Waals surface area contributed by atoms with Gasteiger partial charge in [-0.2, -0.15) is 0 Å². The molecule has 0 amide bonds. The van der Waals surface area contributed by atoms with Gasteiger partial charge in [-0.15, -0.1) is 0 Å². The summed E-state index contributed by atoms with van der Waals surface area (Å²) >= 11 is 0. The monoisotopic (exact) mass is 234 g/mol. The van der Waals surface area contributed by atoms with Crippen molar-refractivity contribution in [3.8, 4) is 0 Å². The molecule has 0 aliphatic rings. The van der Waals surface area contributed by atoms with E-state index in [1.165, 1.54) is 24.9 Å². The fraction of sp³-hybridized carbons (Fsp3) is 0.600. The predicted molar refractivity (Wildman–Crippen MR) is 75.5 cm³/mol. The highest BCUT2D eigenvalue weighted by Gasteiger charge is 2.03. The highest BCUT2D eigenvalue weighted by molar-refractivity contribution is 5.18. The quantitative estimate of drug-likeness (QED) is 0.696. The summed E-state index contributed by atoms with van der Waals surface area (Å²) in [5, 5.41) is 3.54. The second-order valence-electron chi connectivity index (χ2n) is 5.03. The smallest absolute Gasteiger partial charge is 0.00174 e. The van der Waals surface area contributed by atoms with Crippen molar-refractivity contribution in [3.05, 3.63) is 35.9 Å². The van der Waals surface area contributed by atoms with Gasteiger partial charge in [0, 0.05) is 6.54 Å². The van der Waals surface area contributed by atoms with Crippen LogP contribution in [0.25, 0.3) is 0 Å². The minimum absolute atomic E-state index is 0.602. The van der Waals surface area contributed by atoms with E-state index in [-0.39, 0.29) is 0 Å². The van der Waals surface area contributed by atoms with Crippen LogP contribution in [0.5, 0.6) is 0 Å². The molecule has 17 heavy (non-hydrogen) atoms. The van der Waals surface area contributed by atoms with Crippen LogP contribution in [-0.4, -0.2) is 38.6 Å². The summed E-state index contributed by atoms with van der Waals surface area (Å²) in [5.74, 6) is 0.602. The van der Waals surface area contributed by atoms with Gasteiger partial charge in [0.05, 0.1) is 0 Å². The molecule has 1 unspecified atom stereocenters. The van der Waals surface area contributed by atoms with Gasteiger partial charge in [0.15, 0.2) is 0 Å². The Morgan fingerprint density at radius 1 is 1.12 bits per heavy atom. The lowest BCUT2D eigenvalue weighted by molar-refractivity contribution is 0.391. The summed E-state index contributed by atoms with van der Waals surface area (Å²) < 4.78 is 0. The third-order valence-electron chi connectivity index (χ3n) is 3.03. The molecule has 2 nitrogen and oxygen atoms in total. The molecule has 2 heteroatoms. The van der Waals surface area contributed by atoms with E-state index in [1.54, 1.807) is 0 Å². The van der Waals surface area contributed by atoms with Gasteiger partial charge < -0.3 is 10.2 Å². The Labute approximate surface area is 106 Å². The molecule has 0 radical (unpaired) electrons. The van der Waals surface area contributed by atoms with E-state index < -0.39 is 0 Å². The van der Waals surface area contributed by atoms with E-state index in [9.17, 15) is 0 Å². The van der Waals surface area contributed by atoms with Gasteiger partial charge in [-0.3, -0.25) is 0 Å². The SMILES string of the molecule is CC(CNCCCCN(C)C)c1ccccc1. The second-order valence-corrected chi connectivity index (χ2v) is 5.03. The molecule has 96 valence electrons. The second kappa shape index (κ2) is 8.26. The van der Waals surface area contributed by atoms with Crippen LogP contribution in [0.2, 0.25) is 0 Å². The molecule has 0 aliphatic carbocycles. The van der Waals surface area contributed by atoms with Gasteiger partial charge in [0.25, 0.3) is 0 Å². The lowest BCUT2D eigenvalue weighted by atomic mass is 10.0. The highest BCUT2D eigenvalue weighted by atomic mass is 15.0. The molecule has 0 spiro atoms. The first-order chi connectivity index (χ1) is 8.20. The van der Waals surface area contributed by atoms with Crippen LogP contribution in [0.1, 0.15) is 31.2 Å². The van der Waals surface area contributed by atoms with Crippen LogP contribution < -0.4 is 5.32 Å². The van der Waals surface area contributed by atoms with Crippen LogP contribution in [0.3, 0.4) is 0 Å². The highest BCUT2D eigenvalue weighted by Crippen LogP contribution is 2.12. The molecule has 1 atom stereocenters. The molecule has 0 bridgehead atoms. The Morgan fingerprint density at radius 2 is 1.82 bits per heavy atom. The Balaban J connectivity index is 2.07. The molecular weight excluding hydrogens is 208 g/mol. The van der Waals surface area contributed by atoms with Crippen LogP contribution >= 0.6 is 0 Å². The average Bonchev–Trinajstić information content (AvgIpc) is 2.34. The van der Waals surface area contributed by atoms with Crippen LogP contribution in [0, 0.1) is 0 Å². The van der Waals surface area contributed by atoms with Crippen molar-refractivity contribution in [1.29, 1.82) is 0 Å². The number of hydrogen-bond donors (Lipinski definition) is 1. The maximum atomic E-state index is 3.54. The Kier molecular flexibility index (Phi) is 6.90. The normalized spacial score (nSPS) is 12.9. The maximum Gasteiger partial charge on any atom is 0.00174 e. The topological polar surface area (TPSA) is 15.3 Å². The standard InChI is InChI=1S/C15H26N2/c1-14(15-9-5-4-6-10-15)13-16-11-7-8-12-17(2)3/h4-6,9-10,14,16H,7-8,11-13H2,1-3H3. The number of benzene rings is 1. The summed E-state index contributed by atoms with van der Waals surface area (Å²) in [7, 11) is 4.26. The van der Waals surface area contributed by atoms with Crippen molar-refractivity contribution in [2.24, 2.45) is 0 Å². The molecule has 0 aromatic heterocycles. The van der Waals surface area contributed by atoms with Crippen molar-refractivity contribution < 1.29 is 0 Å². The number of hydrogen-bond acceptors (Lipinski definition) is 2. The lowest BCUT2D eigenvalue weighted by Gasteiger charge is -2.13. The Bertz CT molecular complexity index is 282. The summed E-state index contributed by atoms with van der Waals surface area (Å²) in [6, 6.07) is 10.7. The van der Waals surface area contributed by atoms with Crippen LogP contribution in [0.15, 0.2) is 30.3 Å². The van der Waals surface area contributed by atoms with E-state index in [0.717, 1.165) is 13.1 Å². The van der Waals surface area contributed by atoms with Gasteiger partial charge in [-0.05, 0) is 51.5 Å². The molecule has 0 heterocycles. The third-order valence-corrected chi connectivity index (χ3v) is 3.03. The van der Waals surface area contributed by atoms with E-state index >= 15 is 0 Å². The summed E-state index contributed by atoms with van der Waals surface area (Å²) in [4.78, 5) is 2.24. The largest absolute Gasteiger partial charge is 0.316 e. The van der Waals surface area contributed by atoms with E-state index in [1.807, 2.05) is 0 Å². The molecule has 0 saturated heterocycles. The van der Waals surface area contributed by atoms with Crippen LogP contribution in [0.4, 0.5) is 0 Å². The molecule has 1 aromatic rings. The first kappa shape index (κ1) is 14.2. The summed E-state index contributed by atoms with van der Waals surface area (Å²) in [6.07, 6.45) is 2.54. The first-order valence-electron chi connectivity index (χ1n) is 6.60. The average molecular weight is 234 g/mol. The minimum atomic E-state index is 0.602. The molecule has 1 aromatic carbocycles. The van der Waals surface area contributed by atoms with Crippen molar-refractivity contribution in [2.75, 3.05) is 33.7 Å². The number of unbranched alkanes of at least 4 members (excludes halogenated alkanes) is 1. The van der Waals surface area contributed by atoms with Crippen LogP contribution in [-0.2, 0) is 0 Å². The number of nitrogens with zero attached hydrogens (tertiary/aromatic N) is 1. The summed E-state index contributed by atoms with van der Waals surface area (Å²) in [6.45, 7) is 5.68. The van der Waals surface area contributed by atoms with Gasteiger partial charge in [-0.25, -0.2) is 0 Å². The minimum Gasteiger partial charge on any atom is -0.316 e. The molecule has 0 fully saturated rings. The van der Waals surface area contributed by atoms with Crippen molar-refractivity contribution in [2.45, 2.75) is 25.7 Å². The zero-order valence-corrected chi connectivity index (χ0v) is 11.4. The van der Waals surface area contributed by atoms with Gasteiger partial charge in [-0.1, -0.05) is 37.3 Å².